The molecule has 0 saturated heterocycles. The van der Waals surface area contributed by atoms with Gasteiger partial charge in [-0.15, -0.1) is 0 Å². The van der Waals surface area contributed by atoms with Gasteiger partial charge in [-0.05, 0) is 32.9 Å². The summed E-state index contributed by atoms with van der Waals surface area (Å²) < 4.78 is 23.2. The fourth-order valence-corrected chi connectivity index (χ4v) is 1.65. The van der Waals surface area contributed by atoms with Crippen molar-refractivity contribution in [2.24, 2.45) is 0 Å². The average molecular weight is 230 g/mol. The van der Waals surface area contributed by atoms with Gasteiger partial charge < -0.3 is 0 Å². The van der Waals surface area contributed by atoms with Crippen LogP contribution >= 0.6 is 0 Å². The summed E-state index contributed by atoms with van der Waals surface area (Å²) in [6.07, 6.45) is 2.76. The van der Waals surface area contributed by atoms with Crippen LogP contribution in [0.3, 0.4) is 0 Å². The molecule has 0 aliphatic rings. The molecule has 1 heterocycles. The molecule has 0 amide bonds. The highest BCUT2D eigenvalue weighted by atomic mass is 32.2. The van der Waals surface area contributed by atoms with Crippen LogP contribution in [0.5, 0.6) is 0 Å². The second-order valence-corrected chi connectivity index (χ2v) is 5.63. The Morgan fingerprint density at radius 3 is 2.53 bits per heavy atom. The van der Waals surface area contributed by atoms with Gasteiger partial charge in [0.1, 0.15) is 4.90 Å². The summed E-state index contributed by atoms with van der Waals surface area (Å²) in [5.41, 5.74) is -0.574. The van der Waals surface area contributed by atoms with Crippen LogP contribution < -0.4 is 4.89 Å². The second kappa shape index (κ2) is 4.26. The molecule has 1 aromatic rings. The van der Waals surface area contributed by atoms with Crippen LogP contribution in [0.1, 0.15) is 20.8 Å². The zero-order valence-electron chi connectivity index (χ0n) is 8.89. The van der Waals surface area contributed by atoms with Crippen molar-refractivity contribution in [1.29, 1.82) is 0 Å². The van der Waals surface area contributed by atoms with E-state index < -0.39 is 15.6 Å². The molecule has 1 rings (SSSR count). The van der Waals surface area contributed by atoms with E-state index >= 15 is 0 Å². The third-order valence-corrected chi connectivity index (χ3v) is 2.57. The molecule has 6 heteroatoms. The molecule has 1 aromatic heterocycles. The van der Waals surface area contributed by atoms with Crippen molar-refractivity contribution in [3.8, 4) is 0 Å². The number of aromatic nitrogens is 1. The fraction of sp³-hybridized carbons (Fsp3) is 0.444. The lowest BCUT2D eigenvalue weighted by Crippen LogP contribution is -2.33. The number of hydrogen-bond donors (Lipinski definition) is 1. The number of rotatable bonds is 3. The van der Waals surface area contributed by atoms with Gasteiger partial charge in [-0.1, -0.05) is 4.89 Å². The summed E-state index contributed by atoms with van der Waals surface area (Å²) in [4.78, 5) is 10.8. The molecule has 0 aliphatic heterocycles. The first-order valence-corrected chi connectivity index (χ1v) is 5.89. The van der Waals surface area contributed by atoms with E-state index in [9.17, 15) is 8.42 Å². The van der Waals surface area contributed by atoms with Gasteiger partial charge in [0.2, 0.25) is 0 Å². The Kier molecular flexibility index (Phi) is 3.43. The third-order valence-electron chi connectivity index (χ3n) is 1.40. The lowest BCUT2D eigenvalue weighted by molar-refractivity contribution is -0.0357. The maximum Gasteiger partial charge on any atom is 0.264 e. The van der Waals surface area contributed by atoms with E-state index in [0.29, 0.717) is 0 Å². The number of nitrogens with zero attached hydrogens (tertiary/aromatic N) is 1. The minimum absolute atomic E-state index is 0.0780. The Morgan fingerprint density at radius 1 is 1.40 bits per heavy atom. The van der Waals surface area contributed by atoms with Crippen LogP contribution in [0.25, 0.3) is 0 Å². The SMILES string of the molecule is CC(C)(C)ONS(=O)(=O)c1cccnc1. The molecule has 0 spiro atoms. The Balaban J connectivity index is 2.78. The predicted octanol–water partition coefficient (Wildman–Crippen LogP) is 1.09. The lowest BCUT2D eigenvalue weighted by Gasteiger charge is -2.18. The van der Waals surface area contributed by atoms with Gasteiger partial charge in [-0.2, -0.15) is 0 Å². The highest BCUT2D eigenvalue weighted by Crippen LogP contribution is 2.09. The van der Waals surface area contributed by atoms with Crippen LogP contribution in [0.2, 0.25) is 0 Å². The monoisotopic (exact) mass is 230 g/mol. The summed E-state index contributed by atoms with van der Waals surface area (Å²) in [5, 5.41) is 0. The van der Waals surface area contributed by atoms with Crippen molar-refractivity contribution >= 4 is 10.0 Å². The number of nitrogens with one attached hydrogen (secondary N) is 1. The quantitative estimate of drug-likeness (QED) is 0.789. The van der Waals surface area contributed by atoms with E-state index in [2.05, 4.69) is 4.98 Å². The molecular formula is C9H14N2O3S. The lowest BCUT2D eigenvalue weighted by atomic mass is 10.2. The van der Waals surface area contributed by atoms with Gasteiger partial charge in [0, 0.05) is 12.4 Å². The molecule has 1 N–H and O–H groups in total. The third kappa shape index (κ3) is 3.94. The van der Waals surface area contributed by atoms with Crippen molar-refractivity contribution in [2.75, 3.05) is 0 Å². The second-order valence-electron chi connectivity index (χ2n) is 3.99. The smallest absolute Gasteiger partial charge is 0.264 e. The molecule has 15 heavy (non-hydrogen) atoms. The van der Waals surface area contributed by atoms with Crippen LogP contribution in [0, 0.1) is 0 Å². The van der Waals surface area contributed by atoms with Crippen LogP contribution in [0.15, 0.2) is 29.4 Å². The number of hydrogen-bond acceptors (Lipinski definition) is 4. The van der Waals surface area contributed by atoms with Gasteiger partial charge in [0.15, 0.2) is 0 Å². The summed E-state index contributed by atoms with van der Waals surface area (Å²) in [7, 11) is -3.63. The summed E-state index contributed by atoms with van der Waals surface area (Å²) in [5.74, 6) is 0. The van der Waals surface area contributed by atoms with Gasteiger partial charge in [-0.25, -0.2) is 8.42 Å². The molecule has 0 fully saturated rings. The summed E-state index contributed by atoms with van der Waals surface area (Å²) in [6, 6.07) is 2.99. The van der Waals surface area contributed by atoms with Gasteiger partial charge in [0.25, 0.3) is 10.0 Å². The molecule has 0 aliphatic carbocycles. The molecule has 0 atom stereocenters. The Morgan fingerprint density at radius 2 is 2.07 bits per heavy atom. The van der Waals surface area contributed by atoms with Crippen LogP contribution in [-0.2, 0) is 14.9 Å². The van der Waals surface area contributed by atoms with E-state index in [-0.39, 0.29) is 4.90 Å². The Bertz CT molecular complexity index is 409. The van der Waals surface area contributed by atoms with Crippen molar-refractivity contribution in [3.05, 3.63) is 24.5 Å². The minimum atomic E-state index is -3.63. The normalized spacial score (nSPS) is 12.7. The molecule has 84 valence electrons. The molecule has 0 saturated carbocycles. The highest BCUT2D eigenvalue weighted by molar-refractivity contribution is 7.89. The zero-order chi connectivity index (χ0) is 11.5. The van der Waals surface area contributed by atoms with Crippen molar-refractivity contribution in [2.45, 2.75) is 31.3 Å². The van der Waals surface area contributed by atoms with E-state index in [1.807, 2.05) is 4.89 Å². The Hall–Kier alpha value is -0.980. The number of pyridine rings is 1. The topological polar surface area (TPSA) is 68.3 Å². The van der Waals surface area contributed by atoms with E-state index in [1.54, 1.807) is 26.8 Å². The first-order chi connectivity index (χ1) is 6.81. The molecule has 5 nitrogen and oxygen atoms in total. The minimum Gasteiger partial charge on any atom is -0.281 e. The molecule has 0 radical (unpaired) electrons. The fourth-order valence-electron chi connectivity index (χ4n) is 0.734. The number of sulfonamides is 1. The van der Waals surface area contributed by atoms with Gasteiger partial charge in [-0.3, -0.25) is 9.82 Å². The van der Waals surface area contributed by atoms with Crippen LogP contribution in [0.4, 0.5) is 0 Å². The first-order valence-electron chi connectivity index (χ1n) is 4.41. The standard InChI is InChI=1S/C9H14N2O3S/c1-9(2,3)14-11-15(12,13)8-5-4-6-10-7-8/h4-7,11H,1-3H3. The first kappa shape index (κ1) is 12.1. The molecular weight excluding hydrogens is 216 g/mol. The predicted molar refractivity (Wildman–Crippen MR) is 55.4 cm³/mol. The van der Waals surface area contributed by atoms with E-state index in [1.165, 1.54) is 18.5 Å². The average Bonchev–Trinajstić information content (AvgIpc) is 2.16. The van der Waals surface area contributed by atoms with Crippen molar-refractivity contribution in [3.63, 3.8) is 0 Å². The maximum absolute atomic E-state index is 11.6. The van der Waals surface area contributed by atoms with Crippen molar-refractivity contribution in [1.82, 2.24) is 9.87 Å². The van der Waals surface area contributed by atoms with E-state index in [4.69, 9.17) is 4.84 Å². The summed E-state index contributed by atoms with van der Waals surface area (Å²) >= 11 is 0. The maximum atomic E-state index is 11.6. The summed E-state index contributed by atoms with van der Waals surface area (Å²) in [6.45, 7) is 5.25. The highest BCUT2D eigenvalue weighted by Gasteiger charge is 2.18. The molecule has 0 bridgehead atoms. The Labute approximate surface area is 89.5 Å². The van der Waals surface area contributed by atoms with Crippen LogP contribution in [-0.4, -0.2) is 19.0 Å². The molecule has 0 unspecified atom stereocenters. The van der Waals surface area contributed by atoms with E-state index in [0.717, 1.165) is 0 Å². The zero-order valence-corrected chi connectivity index (χ0v) is 9.71. The van der Waals surface area contributed by atoms with Gasteiger partial charge >= 0.3 is 0 Å². The largest absolute Gasteiger partial charge is 0.281 e. The van der Waals surface area contributed by atoms with Gasteiger partial charge in [0.05, 0.1) is 5.60 Å². The van der Waals surface area contributed by atoms with Crippen molar-refractivity contribution < 1.29 is 13.3 Å². The molecule has 0 aromatic carbocycles.